The number of halogens is 2. The van der Waals surface area contributed by atoms with E-state index in [-0.39, 0.29) is 16.4 Å². The monoisotopic (exact) mass is 214 g/mol. The highest BCUT2D eigenvalue weighted by molar-refractivity contribution is 6.30. The maximum absolute atomic E-state index is 12.9. The highest BCUT2D eigenvalue weighted by atomic mass is 35.5. The first-order chi connectivity index (χ1) is 6.50. The molecule has 0 bridgehead atoms. The van der Waals surface area contributed by atoms with Crippen LogP contribution in [-0.2, 0) is 0 Å². The molecule has 0 atom stereocenters. The van der Waals surface area contributed by atoms with Crippen LogP contribution in [0.3, 0.4) is 0 Å². The van der Waals surface area contributed by atoms with Crippen LogP contribution in [0, 0.1) is 11.2 Å². The molecule has 74 valence electrons. The third-order valence-electron chi connectivity index (χ3n) is 1.48. The number of rotatable bonds is 1. The molecule has 0 spiro atoms. The number of amides is 1. The fourth-order valence-corrected chi connectivity index (χ4v) is 0.997. The van der Waals surface area contributed by atoms with Gasteiger partial charge < -0.3 is 5.32 Å². The minimum Gasteiger partial charge on any atom is -0.311 e. The summed E-state index contributed by atoms with van der Waals surface area (Å²) in [5.74, 6) is -1.17. The second-order valence-electron chi connectivity index (χ2n) is 2.71. The van der Waals surface area contributed by atoms with Crippen molar-refractivity contribution in [3.8, 4) is 0 Å². The number of benzene rings is 1. The van der Waals surface area contributed by atoms with Crippen LogP contribution in [-0.4, -0.2) is 11.7 Å². The molecule has 0 fully saturated rings. The molecule has 0 saturated heterocycles. The Kier molecular flexibility index (Phi) is 3.19. The first-order valence-corrected chi connectivity index (χ1v) is 4.20. The maximum Gasteiger partial charge on any atom is 0.256 e. The Labute approximate surface area is 85.4 Å². The van der Waals surface area contributed by atoms with E-state index in [0.29, 0.717) is 0 Å². The molecule has 1 amide bonds. The van der Waals surface area contributed by atoms with E-state index in [4.69, 9.17) is 17.0 Å². The zero-order valence-corrected chi connectivity index (χ0v) is 8.15. The van der Waals surface area contributed by atoms with Crippen LogP contribution < -0.4 is 5.32 Å². The van der Waals surface area contributed by atoms with Crippen LogP contribution in [0.1, 0.15) is 17.3 Å². The Morgan fingerprint density at radius 2 is 2.21 bits per heavy atom. The van der Waals surface area contributed by atoms with E-state index >= 15 is 0 Å². The number of carbonyl (C=O) groups is 1. The van der Waals surface area contributed by atoms with Crippen LogP contribution >= 0.6 is 11.6 Å². The van der Waals surface area contributed by atoms with E-state index in [9.17, 15) is 9.18 Å². The van der Waals surface area contributed by atoms with E-state index in [0.717, 1.165) is 6.07 Å². The Morgan fingerprint density at radius 1 is 1.57 bits per heavy atom. The lowest BCUT2D eigenvalue weighted by atomic mass is 10.2. The lowest BCUT2D eigenvalue weighted by Gasteiger charge is -2.03. The molecule has 2 N–H and O–H groups in total. The normalized spacial score (nSPS) is 9.64. The molecule has 0 heterocycles. The van der Waals surface area contributed by atoms with Crippen molar-refractivity contribution in [2.45, 2.75) is 6.92 Å². The number of hydrogen-bond donors (Lipinski definition) is 2. The summed E-state index contributed by atoms with van der Waals surface area (Å²) in [6, 6.07) is 3.72. The number of hydrogen-bond acceptors (Lipinski definition) is 2. The Balaban J connectivity index is 2.91. The average Bonchev–Trinajstić information content (AvgIpc) is 2.08. The van der Waals surface area contributed by atoms with Crippen LogP contribution in [0.15, 0.2) is 18.2 Å². The van der Waals surface area contributed by atoms with Gasteiger partial charge in [-0.25, -0.2) is 4.39 Å². The van der Waals surface area contributed by atoms with Crippen molar-refractivity contribution in [2.24, 2.45) is 0 Å². The number of amidine groups is 1. The molecule has 0 radical (unpaired) electrons. The molecule has 1 aromatic rings. The van der Waals surface area contributed by atoms with Crippen molar-refractivity contribution in [3.05, 3.63) is 34.6 Å². The summed E-state index contributed by atoms with van der Waals surface area (Å²) in [6.07, 6.45) is 0. The smallest absolute Gasteiger partial charge is 0.256 e. The second kappa shape index (κ2) is 4.19. The molecule has 14 heavy (non-hydrogen) atoms. The van der Waals surface area contributed by atoms with Gasteiger partial charge in [0, 0.05) is 5.56 Å². The van der Waals surface area contributed by atoms with Crippen molar-refractivity contribution in [2.75, 3.05) is 0 Å². The molecular weight excluding hydrogens is 207 g/mol. The molecule has 3 nitrogen and oxygen atoms in total. The molecule has 0 aromatic heterocycles. The molecule has 5 heteroatoms. The first kappa shape index (κ1) is 10.7. The van der Waals surface area contributed by atoms with E-state index in [2.05, 4.69) is 5.32 Å². The Bertz CT molecular complexity index is 392. The highest BCUT2D eigenvalue weighted by Gasteiger charge is 2.08. The lowest BCUT2D eigenvalue weighted by Crippen LogP contribution is -2.27. The Morgan fingerprint density at radius 3 is 2.71 bits per heavy atom. The van der Waals surface area contributed by atoms with E-state index < -0.39 is 11.7 Å². The predicted molar refractivity (Wildman–Crippen MR) is 52.3 cm³/mol. The van der Waals surface area contributed by atoms with Gasteiger partial charge in [-0.2, -0.15) is 0 Å². The zero-order valence-electron chi connectivity index (χ0n) is 7.40. The summed E-state index contributed by atoms with van der Waals surface area (Å²) in [4.78, 5) is 11.3. The van der Waals surface area contributed by atoms with Gasteiger partial charge in [0.1, 0.15) is 5.82 Å². The molecule has 1 aromatic carbocycles. The summed E-state index contributed by atoms with van der Waals surface area (Å²) < 4.78 is 12.9. The predicted octanol–water partition coefficient (Wildman–Crippen LogP) is 2.21. The molecule has 0 saturated carbocycles. The summed E-state index contributed by atoms with van der Waals surface area (Å²) >= 11 is 5.44. The van der Waals surface area contributed by atoms with Crippen molar-refractivity contribution in [1.29, 1.82) is 5.41 Å². The minimum atomic E-state index is -0.651. The molecule has 0 aliphatic rings. The SMILES string of the molecule is CC(=N)NC(=O)c1ccc(Cl)c(F)c1. The third kappa shape index (κ3) is 2.53. The molecule has 1 rings (SSSR count). The van der Waals surface area contributed by atoms with Crippen molar-refractivity contribution in [1.82, 2.24) is 5.32 Å². The summed E-state index contributed by atoms with van der Waals surface area (Å²) in [7, 11) is 0. The van der Waals surface area contributed by atoms with Crippen LogP contribution in [0.25, 0.3) is 0 Å². The highest BCUT2D eigenvalue weighted by Crippen LogP contribution is 2.15. The number of nitrogens with one attached hydrogen (secondary N) is 2. The molecule has 0 aliphatic carbocycles. The van der Waals surface area contributed by atoms with Gasteiger partial charge in [-0.05, 0) is 25.1 Å². The van der Waals surface area contributed by atoms with Gasteiger partial charge in [-0.15, -0.1) is 0 Å². The largest absolute Gasteiger partial charge is 0.311 e. The second-order valence-corrected chi connectivity index (χ2v) is 3.12. The maximum atomic E-state index is 12.9. The van der Waals surface area contributed by atoms with Crippen LogP contribution in [0.5, 0.6) is 0 Å². The third-order valence-corrected chi connectivity index (χ3v) is 1.79. The minimum absolute atomic E-state index is 0.00496. The topological polar surface area (TPSA) is 53.0 Å². The number of carbonyl (C=O) groups excluding carboxylic acids is 1. The van der Waals surface area contributed by atoms with Crippen LogP contribution in [0.4, 0.5) is 4.39 Å². The standard InChI is InChI=1S/C9H8ClFN2O/c1-5(12)13-9(14)6-2-3-7(10)8(11)4-6/h2-4H,1H3,(H2,12,13,14). The van der Waals surface area contributed by atoms with Crippen molar-refractivity contribution in [3.63, 3.8) is 0 Å². The van der Waals surface area contributed by atoms with E-state index in [1.54, 1.807) is 0 Å². The summed E-state index contributed by atoms with van der Waals surface area (Å²) in [5, 5.41) is 9.22. The molecule has 0 unspecified atom stereocenters. The first-order valence-electron chi connectivity index (χ1n) is 3.82. The zero-order chi connectivity index (χ0) is 10.7. The van der Waals surface area contributed by atoms with Gasteiger partial charge in [-0.3, -0.25) is 10.2 Å². The summed E-state index contributed by atoms with van der Waals surface area (Å²) in [5.41, 5.74) is 0.138. The van der Waals surface area contributed by atoms with Gasteiger partial charge in [-0.1, -0.05) is 11.6 Å². The van der Waals surface area contributed by atoms with Gasteiger partial charge in [0.15, 0.2) is 0 Å². The quantitative estimate of drug-likeness (QED) is 0.547. The van der Waals surface area contributed by atoms with E-state index in [1.807, 2.05) is 0 Å². The fraction of sp³-hybridized carbons (Fsp3) is 0.111. The van der Waals surface area contributed by atoms with Gasteiger partial charge >= 0.3 is 0 Å². The van der Waals surface area contributed by atoms with Gasteiger partial charge in [0.2, 0.25) is 0 Å². The Hall–Kier alpha value is -1.42. The van der Waals surface area contributed by atoms with Crippen LogP contribution in [0.2, 0.25) is 5.02 Å². The van der Waals surface area contributed by atoms with Gasteiger partial charge in [0.25, 0.3) is 5.91 Å². The van der Waals surface area contributed by atoms with Crippen molar-refractivity contribution < 1.29 is 9.18 Å². The average molecular weight is 215 g/mol. The van der Waals surface area contributed by atoms with Gasteiger partial charge in [0.05, 0.1) is 10.9 Å². The fourth-order valence-electron chi connectivity index (χ4n) is 0.880. The van der Waals surface area contributed by atoms with Crippen molar-refractivity contribution >= 4 is 23.3 Å². The molecule has 0 aliphatic heterocycles. The molecular formula is C9H8ClFN2O. The summed E-state index contributed by atoms with van der Waals surface area (Å²) in [6.45, 7) is 1.42. The van der Waals surface area contributed by atoms with E-state index in [1.165, 1.54) is 19.1 Å². The lowest BCUT2D eigenvalue weighted by molar-refractivity contribution is 0.0976.